The molecule has 0 saturated carbocycles. The molecule has 1 unspecified atom stereocenters. The molecule has 0 saturated heterocycles. The van der Waals surface area contributed by atoms with Crippen molar-refractivity contribution in [2.45, 2.75) is 24.4 Å². The Morgan fingerprint density at radius 3 is 2.95 bits per heavy atom. The van der Waals surface area contributed by atoms with Gasteiger partial charge in [-0.05, 0) is 31.7 Å². The zero-order valence-corrected chi connectivity index (χ0v) is 12.5. The van der Waals surface area contributed by atoms with Crippen LogP contribution in [0, 0.1) is 0 Å². The van der Waals surface area contributed by atoms with E-state index in [2.05, 4.69) is 22.8 Å². The number of benzene rings is 1. The summed E-state index contributed by atoms with van der Waals surface area (Å²) < 4.78 is 4.98. The maximum Gasteiger partial charge on any atom is 0.230 e. The van der Waals surface area contributed by atoms with Crippen LogP contribution >= 0.6 is 11.8 Å². The van der Waals surface area contributed by atoms with Gasteiger partial charge in [0.15, 0.2) is 0 Å². The number of ether oxygens (including phenoxy) is 1. The van der Waals surface area contributed by atoms with Crippen LogP contribution < -0.4 is 10.6 Å². The third-order valence-electron chi connectivity index (χ3n) is 2.47. The summed E-state index contributed by atoms with van der Waals surface area (Å²) in [4.78, 5) is 12.8. The van der Waals surface area contributed by atoms with Gasteiger partial charge in [-0.1, -0.05) is 12.1 Å². The number of hydrogen-bond donors (Lipinski definition) is 2. The lowest BCUT2D eigenvalue weighted by Crippen LogP contribution is -2.36. The van der Waals surface area contributed by atoms with Gasteiger partial charge in [-0.3, -0.25) is 4.79 Å². The predicted octanol–water partition coefficient (Wildman–Crippen LogP) is 1.65. The normalized spacial score (nSPS) is 12.2. The van der Waals surface area contributed by atoms with Crippen molar-refractivity contribution >= 4 is 17.7 Å². The maximum absolute atomic E-state index is 11.7. The number of methoxy groups -OCH3 is 1. The fraction of sp³-hybridized carbons (Fsp3) is 0.500. The molecule has 19 heavy (non-hydrogen) atoms. The molecular weight excluding hydrogens is 260 g/mol. The molecule has 5 heteroatoms. The van der Waals surface area contributed by atoms with Crippen LogP contribution in [0.25, 0.3) is 0 Å². The van der Waals surface area contributed by atoms with Crippen LogP contribution in [0.15, 0.2) is 29.2 Å². The van der Waals surface area contributed by atoms with E-state index in [0.717, 1.165) is 11.4 Å². The van der Waals surface area contributed by atoms with Crippen molar-refractivity contribution in [1.29, 1.82) is 0 Å². The molecule has 2 N–H and O–H groups in total. The summed E-state index contributed by atoms with van der Waals surface area (Å²) in [5.74, 6) is 0.463. The lowest BCUT2D eigenvalue weighted by molar-refractivity contribution is -0.119. The number of thioether (sulfide) groups is 1. The molecule has 0 aliphatic rings. The Morgan fingerprint density at radius 2 is 2.26 bits per heavy atom. The van der Waals surface area contributed by atoms with Crippen LogP contribution in [0.5, 0.6) is 0 Å². The van der Waals surface area contributed by atoms with E-state index < -0.39 is 0 Å². The highest BCUT2D eigenvalue weighted by atomic mass is 32.2. The molecule has 0 aromatic heterocycles. The largest absolute Gasteiger partial charge is 0.383 e. The predicted molar refractivity (Wildman–Crippen MR) is 79.4 cm³/mol. The SMILES string of the molecule is CNCc1cccc(SCC(=O)NC(C)COC)c1. The summed E-state index contributed by atoms with van der Waals surface area (Å²) in [6.07, 6.45) is 0. The van der Waals surface area contributed by atoms with Crippen LogP contribution in [0.1, 0.15) is 12.5 Å². The average Bonchev–Trinajstić information content (AvgIpc) is 2.37. The van der Waals surface area contributed by atoms with Gasteiger partial charge in [0.2, 0.25) is 5.91 Å². The van der Waals surface area contributed by atoms with Crippen LogP contribution in [-0.2, 0) is 16.1 Å². The molecule has 106 valence electrons. The smallest absolute Gasteiger partial charge is 0.230 e. The molecule has 0 aliphatic heterocycles. The highest BCUT2D eigenvalue weighted by Crippen LogP contribution is 2.18. The second kappa shape index (κ2) is 8.96. The second-order valence-electron chi connectivity index (χ2n) is 4.39. The van der Waals surface area contributed by atoms with E-state index in [9.17, 15) is 4.79 Å². The Labute approximate surface area is 119 Å². The zero-order chi connectivity index (χ0) is 14.1. The van der Waals surface area contributed by atoms with E-state index in [4.69, 9.17) is 4.74 Å². The van der Waals surface area contributed by atoms with Crippen molar-refractivity contribution in [3.05, 3.63) is 29.8 Å². The maximum atomic E-state index is 11.7. The lowest BCUT2D eigenvalue weighted by atomic mass is 10.2. The van der Waals surface area contributed by atoms with Gasteiger partial charge in [0.1, 0.15) is 0 Å². The summed E-state index contributed by atoms with van der Waals surface area (Å²) >= 11 is 1.55. The third-order valence-corrected chi connectivity index (χ3v) is 3.47. The summed E-state index contributed by atoms with van der Waals surface area (Å²) in [6.45, 7) is 3.30. The molecule has 0 heterocycles. The highest BCUT2D eigenvalue weighted by Gasteiger charge is 2.07. The highest BCUT2D eigenvalue weighted by molar-refractivity contribution is 8.00. The number of hydrogen-bond acceptors (Lipinski definition) is 4. The summed E-state index contributed by atoms with van der Waals surface area (Å²) in [7, 11) is 3.55. The number of carbonyl (C=O) groups is 1. The van der Waals surface area contributed by atoms with Crippen molar-refractivity contribution in [3.63, 3.8) is 0 Å². The first kappa shape index (κ1) is 16.0. The first-order chi connectivity index (χ1) is 9.15. The molecule has 1 rings (SSSR count). The van der Waals surface area contributed by atoms with Gasteiger partial charge in [0.25, 0.3) is 0 Å². The Morgan fingerprint density at radius 1 is 1.47 bits per heavy atom. The Kier molecular flexibility index (Phi) is 7.55. The molecule has 1 amide bonds. The number of amides is 1. The molecule has 0 fully saturated rings. The van der Waals surface area contributed by atoms with Crippen molar-refractivity contribution in [3.8, 4) is 0 Å². The van der Waals surface area contributed by atoms with Crippen molar-refractivity contribution < 1.29 is 9.53 Å². The quantitative estimate of drug-likeness (QED) is 0.712. The molecule has 0 spiro atoms. The van der Waals surface area contributed by atoms with Gasteiger partial charge in [0, 0.05) is 24.6 Å². The topological polar surface area (TPSA) is 50.4 Å². The summed E-state index contributed by atoms with van der Waals surface area (Å²) in [6, 6.07) is 8.26. The van der Waals surface area contributed by atoms with Crippen LogP contribution in [0.3, 0.4) is 0 Å². The molecule has 1 atom stereocenters. The van der Waals surface area contributed by atoms with Gasteiger partial charge in [0.05, 0.1) is 12.4 Å². The minimum absolute atomic E-state index is 0.0357. The van der Waals surface area contributed by atoms with Crippen molar-refractivity contribution in [1.82, 2.24) is 10.6 Å². The van der Waals surface area contributed by atoms with Crippen LogP contribution in [-0.4, -0.2) is 38.5 Å². The Bertz CT molecular complexity index is 399. The molecule has 1 aromatic carbocycles. The molecular formula is C14H22N2O2S. The number of carbonyl (C=O) groups excluding carboxylic acids is 1. The van der Waals surface area contributed by atoms with Gasteiger partial charge in [-0.15, -0.1) is 11.8 Å². The molecule has 0 aliphatic carbocycles. The van der Waals surface area contributed by atoms with E-state index >= 15 is 0 Å². The first-order valence-corrected chi connectivity index (χ1v) is 7.29. The van der Waals surface area contributed by atoms with Gasteiger partial charge < -0.3 is 15.4 Å². The zero-order valence-electron chi connectivity index (χ0n) is 11.7. The van der Waals surface area contributed by atoms with E-state index in [1.54, 1.807) is 18.9 Å². The fourth-order valence-corrected chi connectivity index (χ4v) is 2.50. The molecule has 0 bridgehead atoms. The van der Waals surface area contributed by atoms with E-state index in [0.29, 0.717) is 12.4 Å². The van der Waals surface area contributed by atoms with E-state index in [1.807, 2.05) is 26.1 Å². The molecule has 1 aromatic rings. The summed E-state index contributed by atoms with van der Waals surface area (Å²) in [5, 5.41) is 6.01. The Balaban J connectivity index is 2.39. The van der Waals surface area contributed by atoms with Crippen molar-refractivity contribution in [2.75, 3.05) is 26.5 Å². The van der Waals surface area contributed by atoms with E-state index in [1.165, 1.54) is 5.56 Å². The van der Waals surface area contributed by atoms with Crippen molar-refractivity contribution in [2.24, 2.45) is 0 Å². The number of nitrogens with one attached hydrogen (secondary N) is 2. The van der Waals surface area contributed by atoms with Crippen LogP contribution in [0.4, 0.5) is 0 Å². The second-order valence-corrected chi connectivity index (χ2v) is 5.44. The van der Waals surface area contributed by atoms with E-state index in [-0.39, 0.29) is 11.9 Å². The minimum atomic E-state index is 0.0357. The lowest BCUT2D eigenvalue weighted by Gasteiger charge is -2.12. The summed E-state index contributed by atoms with van der Waals surface area (Å²) in [5.41, 5.74) is 1.22. The Hall–Kier alpha value is -1.04. The molecule has 4 nitrogen and oxygen atoms in total. The van der Waals surface area contributed by atoms with Gasteiger partial charge >= 0.3 is 0 Å². The fourth-order valence-electron chi connectivity index (χ4n) is 1.71. The average molecular weight is 282 g/mol. The molecule has 0 radical (unpaired) electrons. The van der Waals surface area contributed by atoms with Crippen LogP contribution in [0.2, 0.25) is 0 Å². The standard InChI is InChI=1S/C14H22N2O2S/c1-11(9-18-3)16-14(17)10-19-13-6-4-5-12(7-13)8-15-2/h4-7,11,15H,8-10H2,1-3H3,(H,16,17). The monoisotopic (exact) mass is 282 g/mol. The minimum Gasteiger partial charge on any atom is -0.383 e. The third kappa shape index (κ3) is 6.61. The van der Waals surface area contributed by atoms with Gasteiger partial charge in [-0.2, -0.15) is 0 Å². The number of rotatable bonds is 8. The van der Waals surface area contributed by atoms with Gasteiger partial charge in [-0.25, -0.2) is 0 Å². The first-order valence-electron chi connectivity index (χ1n) is 6.30.